The van der Waals surface area contributed by atoms with Gasteiger partial charge in [-0.3, -0.25) is 4.68 Å². The van der Waals surface area contributed by atoms with Gasteiger partial charge in [0.2, 0.25) is 0 Å². The third-order valence-electron chi connectivity index (χ3n) is 8.43. The number of fused-ring (bicyclic) bond motifs is 3. The molecule has 2 fully saturated rings. The summed E-state index contributed by atoms with van der Waals surface area (Å²) >= 11 is 0. The second-order valence-corrected chi connectivity index (χ2v) is 10.4. The van der Waals surface area contributed by atoms with Crippen molar-refractivity contribution >= 4 is 5.69 Å². The van der Waals surface area contributed by atoms with Crippen molar-refractivity contribution < 1.29 is 4.39 Å². The Bertz CT molecular complexity index is 1360. The Labute approximate surface area is 210 Å². The van der Waals surface area contributed by atoms with Crippen LogP contribution in [0.3, 0.4) is 0 Å². The van der Waals surface area contributed by atoms with E-state index in [0.29, 0.717) is 12.0 Å². The molecule has 0 spiro atoms. The summed E-state index contributed by atoms with van der Waals surface area (Å²) in [6, 6.07) is 14.9. The average molecular weight is 483 g/mol. The first kappa shape index (κ1) is 21.8. The Morgan fingerprint density at radius 3 is 2.50 bits per heavy atom. The largest absolute Gasteiger partial charge is 0.372 e. The number of hydrogen-bond acceptors (Lipinski definition) is 4. The molecule has 6 nitrogen and oxygen atoms in total. The van der Waals surface area contributed by atoms with Crippen LogP contribution in [0.15, 0.2) is 67.4 Å². The molecule has 0 saturated carbocycles. The molecule has 0 aliphatic carbocycles. The number of nitrogens with one attached hydrogen (secondary N) is 1. The molecule has 7 heteroatoms. The van der Waals surface area contributed by atoms with E-state index in [4.69, 9.17) is 0 Å². The Hall–Kier alpha value is -3.45. The molecule has 4 aromatic rings. The van der Waals surface area contributed by atoms with Crippen LogP contribution in [0.4, 0.5) is 10.1 Å². The molecule has 184 valence electrons. The van der Waals surface area contributed by atoms with Gasteiger partial charge >= 0.3 is 0 Å². The number of aromatic nitrogens is 4. The molecular formula is C29H31FN6. The Balaban J connectivity index is 1.04. The molecular weight excluding hydrogens is 451 g/mol. The SMILES string of the molecule is Fc1cccc2c1C(C1CCN(c3ccc(-c4cnn(C5CCNCC5)c4)cc3)CC1)n1cncc1-2. The monoisotopic (exact) mass is 482 g/mol. The van der Waals surface area contributed by atoms with Crippen molar-refractivity contribution in [2.75, 3.05) is 31.1 Å². The second kappa shape index (κ2) is 8.89. The predicted molar refractivity (Wildman–Crippen MR) is 140 cm³/mol. The number of hydrogen-bond donors (Lipinski definition) is 1. The fraction of sp³-hybridized carbons (Fsp3) is 0.379. The first-order valence-electron chi connectivity index (χ1n) is 13.2. The van der Waals surface area contributed by atoms with E-state index < -0.39 is 0 Å². The fourth-order valence-corrected chi connectivity index (χ4v) is 6.49. The van der Waals surface area contributed by atoms with E-state index in [1.165, 1.54) is 16.8 Å². The van der Waals surface area contributed by atoms with Gasteiger partial charge in [-0.25, -0.2) is 9.37 Å². The van der Waals surface area contributed by atoms with Crippen LogP contribution < -0.4 is 10.2 Å². The third kappa shape index (κ3) is 3.64. The normalized spacial score (nSPS) is 20.5. The van der Waals surface area contributed by atoms with Gasteiger partial charge in [0.1, 0.15) is 5.82 Å². The van der Waals surface area contributed by atoms with E-state index in [-0.39, 0.29) is 11.9 Å². The molecule has 36 heavy (non-hydrogen) atoms. The highest BCUT2D eigenvalue weighted by molar-refractivity contribution is 5.69. The molecule has 2 aromatic heterocycles. The molecule has 7 rings (SSSR count). The quantitative estimate of drug-likeness (QED) is 0.429. The lowest BCUT2D eigenvalue weighted by molar-refractivity contribution is 0.312. The Morgan fingerprint density at radius 1 is 0.889 bits per heavy atom. The highest BCUT2D eigenvalue weighted by Crippen LogP contribution is 2.47. The van der Waals surface area contributed by atoms with E-state index in [9.17, 15) is 4.39 Å². The zero-order valence-corrected chi connectivity index (χ0v) is 20.4. The minimum atomic E-state index is -0.0947. The lowest BCUT2D eigenvalue weighted by Gasteiger charge is -2.37. The van der Waals surface area contributed by atoms with Gasteiger partial charge in [-0.1, -0.05) is 24.3 Å². The maximum absolute atomic E-state index is 14.9. The van der Waals surface area contributed by atoms with E-state index in [1.807, 2.05) is 24.8 Å². The molecule has 0 radical (unpaired) electrons. The van der Waals surface area contributed by atoms with E-state index in [2.05, 4.69) is 60.0 Å². The van der Waals surface area contributed by atoms with Crippen LogP contribution in [0.25, 0.3) is 22.4 Å². The van der Waals surface area contributed by atoms with Crippen LogP contribution in [-0.2, 0) is 0 Å². The lowest BCUT2D eigenvalue weighted by atomic mass is 9.85. The number of anilines is 1. The van der Waals surface area contributed by atoms with Gasteiger partial charge in [0.15, 0.2) is 0 Å². The number of piperidine rings is 2. The molecule has 2 saturated heterocycles. The summed E-state index contributed by atoms with van der Waals surface area (Å²) < 4.78 is 19.2. The average Bonchev–Trinajstić information content (AvgIpc) is 3.67. The van der Waals surface area contributed by atoms with Crippen molar-refractivity contribution in [3.05, 3.63) is 78.8 Å². The van der Waals surface area contributed by atoms with Crippen molar-refractivity contribution in [2.24, 2.45) is 5.92 Å². The fourth-order valence-electron chi connectivity index (χ4n) is 6.49. The van der Waals surface area contributed by atoms with Gasteiger partial charge in [0, 0.05) is 41.7 Å². The second-order valence-electron chi connectivity index (χ2n) is 10.4. The first-order valence-corrected chi connectivity index (χ1v) is 13.2. The molecule has 1 N–H and O–H groups in total. The number of imidazole rings is 1. The summed E-state index contributed by atoms with van der Waals surface area (Å²) in [6.45, 7) is 4.08. The Kier molecular flexibility index (Phi) is 5.38. The third-order valence-corrected chi connectivity index (χ3v) is 8.43. The highest BCUT2D eigenvalue weighted by Gasteiger charge is 2.38. The molecule has 1 atom stereocenters. The van der Waals surface area contributed by atoms with Crippen molar-refractivity contribution in [2.45, 2.75) is 37.8 Å². The summed E-state index contributed by atoms with van der Waals surface area (Å²) in [5.74, 6) is 0.301. The predicted octanol–water partition coefficient (Wildman–Crippen LogP) is 5.30. The zero-order valence-electron chi connectivity index (χ0n) is 20.4. The molecule has 3 aliphatic heterocycles. The summed E-state index contributed by atoms with van der Waals surface area (Å²) in [7, 11) is 0. The van der Waals surface area contributed by atoms with Crippen LogP contribution in [0.1, 0.15) is 43.3 Å². The summed E-state index contributed by atoms with van der Waals surface area (Å²) in [4.78, 5) is 6.83. The van der Waals surface area contributed by atoms with Crippen molar-refractivity contribution in [3.63, 3.8) is 0 Å². The van der Waals surface area contributed by atoms with Crippen LogP contribution in [0.5, 0.6) is 0 Å². The molecule has 2 aromatic carbocycles. The van der Waals surface area contributed by atoms with Gasteiger partial charge in [0.05, 0.1) is 36.5 Å². The van der Waals surface area contributed by atoms with Crippen molar-refractivity contribution in [3.8, 4) is 22.4 Å². The number of benzene rings is 2. The van der Waals surface area contributed by atoms with Gasteiger partial charge < -0.3 is 14.8 Å². The van der Waals surface area contributed by atoms with Crippen LogP contribution >= 0.6 is 0 Å². The number of nitrogens with zero attached hydrogens (tertiary/aromatic N) is 5. The van der Waals surface area contributed by atoms with Crippen LogP contribution in [-0.4, -0.2) is 45.5 Å². The van der Waals surface area contributed by atoms with Gasteiger partial charge in [-0.2, -0.15) is 5.10 Å². The standard InChI is InChI=1S/C29H31FN6/c30-26-3-1-2-25-27-17-32-19-35(27)29(28(25)26)21-10-14-34(15-11-21)23-6-4-20(5-7-23)22-16-33-36(18-22)24-8-12-31-13-9-24/h1-7,16-19,21,24,29,31H,8-15H2. The smallest absolute Gasteiger partial charge is 0.129 e. The lowest BCUT2D eigenvalue weighted by Crippen LogP contribution is -2.36. The van der Waals surface area contributed by atoms with E-state index in [0.717, 1.165) is 68.7 Å². The topological polar surface area (TPSA) is 50.9 Å². The minimum Gasteiger partial charge on any atom is -0.372 e. The maximum Gasteiger partial charge on any atom is 0.129 e. The zero-order chi connectivity index (χ0) is 24.1. The number of rotatable bonds is 4. The summed E-state index contributed by atoms with van der Waals surface area (Å²) in [5.41, 5.74) is 6.53. The van der Waals surface area contributed by atoms with E-state index in [1.54, 1.807) is 12.1 Å². The van der Waals surface area contributed by atoms with Gasteiger partial charge in [0.25, 0.3) is 0 Å². The summed E-state index contributed by atoms with van der Waals surface area (Å²) in [5, 5.41) is 8.08. The van der Waals surface area contributed by atoms with Gasteiger partial charge in [-0.05, 0) is 68.5 Å². The van der Waals surface area contributed by atoms with Crippen LogP contribution in [0, 0.1) is 11.7 Å². The van der Waals surface area contributed by atoms with E-state index >= 15 is 0 Å². The minimum absolute atomic E-state index is 0.0414. The summed E-state index contributed by atoms with van der Waals surface area (Å²) in [6.07, 6.45) is 12.3. The Morgan fingerprint density at radius 2 is 1.69 bits per heavy atom. The highest BCUT2D eigenvalue weighted by atomic mass is 19.1. The maximum atomic E-state index is 14.9. The first-order chi connectivity index (χ1) is 17.8. The van der Waals surface area contributed by atoms with Crippen LogP contribution in [0.2, 0.25) is 0 Å². The molecule has 5 heterocycles. The van der Waals surface area contributed by atoms with Crippen molar-refractivity contribution in [1.82, 2.24) is 24.6 Å². The molecule has 3 aliphatic rings. The van der Waals surface area contributed by atoms with Gasteiger partial charge in [-0.15, -0.1) is 0 Å². The molecule has 0 amide bonds. The van der Waals surface area contributed by atoms with Crippen molar-refractivity contribution in [1.29, 1.82) is 0 Å². The molecule has 1 unspecified atom stereocenters. The number of halogens is 1. The molecule has 0 bridgehead atoms.